The van der Waals surface area contributed by atoms with E-state index in [1.807, 2.05) is 0 Å². The summed E-state index contributed by atoms with van der Waals surface area (Å²) >= 11 is 0. The average Bonchev–Trinajstić information content (AvgIpc) is 2.60. The zero-order valence-electron chi connectivity index (χ0n) is 14.0. The molecule has 0 aromatic heterocycles. The monoisotopic (exact) mass is 337 g/mol. The molecular formula is C17H24FN3O3. The lowest BCUT2D eigenvalue weighted by atomic mass is 10.2. The van der Waals surface area contributed by atoms with Gasteiger partial charge in [-0.05, 0) is 24.6 Å². The molecule has 1 saturated heterocycles. The molecule has 1 N–H and O–H groups in total. The molecule has 0 unspecified atom stereocenters. The van der Waals surface area contributed by atoms with Crippen LogP contribution in [0.3, 0.4) is 0 Å². The Balaban J connectivity index is 1.63. The number of benzene rings is 1. The number of piperazine rings is 1. The zero-order chi connectivity index (χ0) is 17.4. The smallest absolute Gasteiger partial charge is 0.409 e. The van der Waals surface area contributed by atoms with Crippen LogP contribution in [0.4, 0.5) is 9.18 Å². The first kappa shape index (κ1) is 18.2. The highest BCUT2D eigenvalue weighted by molar-refractivity contribution is 5.77. The van der Waals surface area contributed by atoms with E-state index in [1.165, 1.54) is 12.1 Å². The molecule has 0 radical (unpaired) electrons. The number of carbonyl (C=O) groups excluding carboxylic acids is 2. The van der Waals surface area contributed by atoms with Gasteiger partial charge in [-0.15, -0.1) is 0 Å². The number of hydrogen-bond donors (Lipinski definition) is 1. The van der Waals surface area contributed by atoms with E-state index in [2.05, 4.69) is 5.32 Å². The molecule has 1 aromatic rings. The van der Waals surface area contributed by atoms with Crippen LogP contribution < -0.4 is 5.32 Å². The van der Waals surface area contributed by atoms with Gasteiger partial charge in [0, 0.05) is 45.7 Å². The second-order valence-corrected chi connectivity index (χ2v) is 5.62. The van der Waals surface area contributed by atoms with Gasteiger partial charge in [0.05, 0.1) is 6.61 Å². The molecule has 7 heteroatoms. The van der Waals surface area contributed by atoms with E-state index in [-0.39, 0.29) is 17.8 Å². The highest BCUT2D eigenvalue weighted by atomic mass is 19.1. The molecule has 1 fully saturated rings. The average molecular weight is 337 g/mol. The Morgan fingerprint density at radius 1 is 1.12 bits per heavy atom. The second-order valence-electron chi connectivity index (χ2n) is 5.62. The summed E-state index contributed by atoms with van der Waals surface area (Å²) in [6.45, 7) is 5.39. The second kappa shape index (κ2) is 9.22. The zero-order valence-corrected chi connectivity index (χ0v) is 14.0. The Kier molecular flexibility index (Phi) is 6.99. The number of nitrogens with zero attached hydrogens (tertiary/aromatic N) is 2. The van der Waals surface area contributed by atoms with E-state index < -0.39 is 0 Å². The Morgan fingerprint density at radius 2 is 1.75 bits per heavy atom. The van der Waals surface area contributed by atoms with Gasteiger partial charge in [0.15, 0.2) is 0 Å². The molecule has 132 valence electrons. The van der Waals surface area contributed by atoms with Gasteiger partial charge in [-0.3, -0.25) is 4.79 Å². The number of carbonyl (C=O) groups is 2. The van der Waals surface area contributed by atoms with Crippen LogP contribution in [-0.4, -0.2) is 61.1 Å². The molecule has 0 atom stereocenters. The first-order valence-electron chi connectivity index (χ1n) is 8.24. The van der Waals surface area contributed by atoms with Crippen LogP contribution >= 0.6 is 0 Å². The van der Waals surface area contributed by atoms with E-state index in [1.54, 1.807) is 28.9 Å². The standard InChI is InChI=1S/C17H24FN3O3/c1-2-24-17(23)21-11-9-20(10-12-21)16(22)7-8-19-13-14-3-5-15(18)6-4-14/h3-6,19H,2,7-13H2,1H3. The summed E-state index contributed by atoms with van der Waals surface area (Å²) < 4.78 is 17.8. The van der Waals surface area contributed by atoms with Gasteiger partial charge in [-0.1, -0.05) is 12.1 Å². The van der Waals surface area contributed by atoms with Crippen LogP contribution in [0.2, 0.25) is 0 Å². The van der Waals surface area contributed by atoms with Crippen LogP contribution in [0.5, 0.6) is 0 Å². The molecule has 0 saturated carbocycles. The number of ether oxygens (including phenoxy) is 1. The fourth-order valence-corrected chi connectivity index (χ4v) is 2.54. The van der Waals surface area contributed by atoms with E-state index in [0.717, 1.165) is 5.56 Å². The Hall–Kier alpha value is -2.15. The summed E-state index contributed by atoms with van der Waals surface area (Å²) in [5.41, 5.74) is 0.979. The fourth-order valence-electron chi connectivity index (χ4n) is 2.54. The summed E-state index contributed by atoms with van der Waals surface area (Å²) in [5.74, 6) is -0.180. The first-order valence-corrected chi connectivity index (χ1v) is 8.24. The lowest BCUT2D eigenvalue weighted by molar-refractivity contribution is -0.132. The van der Waals surface area contributed by atoms with Gasteiger partial charge in [0.1, 0.15) is 5.82 Å². The molecule has 0 aliphatic carbocycles. The number of nitrogens with one attached hydrogen (secondary N) is 1. The largest absolute Gasteiger partial charge is 0.450 e. The highest BCUT2D eigenvalue weighted by Crippen LogP contribution is 2.06. The van der Waals surface area contributed by atoms with E-state index in [9.17, 15) is 14.0 Å². The molecule has 1 heterocycles. The molecule has 2 amide bonds. The van der Waals surface area contributed by atoms with Gasteiger partial charge in [0.25, 0.3) is 0 Å². The van der Waals surface area contributed by atoms with Crippen molar-refractivity contribution in [1.82, 2.24) is 15.1 Å². The van der Waals surface area contributed by atoms with Crippen molar-refractivity contribution in [2.45, 2.75) is 19.9 Å². The molecule has 0 spiro atoms. The predicted octanol–water partition coefficient (Wildman–Crippen LogP) is 1.61. The van der Waals surface area contributed by atoms with E-state index >= 15 is 0 Å². The van der Waals surface area contributed by atoms with E-state index in [4.69, 9.17) is 4.74 Å². The van der Waals surface area contributed by atoms with Crippen molar-refractivity contribution in [2.75, 3.05) is 39.3 Å². The summed E-state index contributed by atoms with van der Waals surface area (Å²) in [7, 11) is 0. The normalized spacial score (nSPS) is 14.6. The van der Waals surface area contributed by atoms with Crippen LogP contribution in [0.15, 0.2) is 24.3 Å². The Bertz CT molecular complexity index is 543. The number of amides is 2. The van der Waals surface area contributed by atoms with Gasteiger partial charge >= 0.3 is 6.09 Å². The van der Waals surface area contributed by atoms with Crippen molar-refractivity contribution in [3.63, 3.8) is 0 Å². The Labute approximate surface area is 141 Å². The molecule has 1 aliphatic heterocycles. The topological polar surface area (TPSA) is 61.9 Å². The first-order chi connectivity index (χ1) is 11.6. The van der Waals surface area contributed by atoms with Gasteiger partial charge < -0.3 is 19.9 Å². The summed E-state index contributed by atoms with van der Waals surface area (Å²) in [6.07, 6.45) is 0.0891. The summed E-state index contributed by atoms with van der Waals surface area (Å²) in [4.78, 5) is 27.2. The van der Waals surface area contributed by atoms with Gasteiger partial charge in [-0.2, -0.15) is 0 Å². The van der Waals surface area contributed by atoms with Crippen LogP contribution in [-0.2, 0) is 16.1 Å². The SMILES string of the molecule is CCOC(=O)N1CCN(C(=O)CCNCc2ccc(F)cc2)CC1. The third kappa shape index (κ3) is 5.49. The third-order valence-corrected chi connectivity index (χ3v) is 3.92. The molecule has 2 rings (SSSR count). The fraction of sp³-hybridized carbons (Fsp3) is 0.529. The van der Waals surface area contributed by atoms with Crippen LogP contribution in [0.25, 0.3) is 0 Å². The maximum Gasteiger partial charge on any atom is 0.409 e. The number of rotatable bonds is 6. The van der Waals surface area contributed by atoms with Crippen molar-refractivity contribution < 1.29 is 18.7 Å². The van der Waals surface area contributed by atoms with Crippen molar-refractivity contribution in [3.05, 3.63) is 35.6 Å². The van der Waals surface area contributed by atoms with Crippen LogP contribution in [0, 0.1) is 5.82 Å². The summed E-state index contributed by atoms with van der Waals surface area (Å²) in [5, 5.41) is 3.18. The maximum absolute atomic E-state index is 12.8. The minimum Gasteiger partial charge on any atom is -0.450 e. The van der Waals surface area contributed by atoms with Crippen LogP contribution in [0.1, 0.15) is 18.9 Å². The lowest BCUT2D eigenvalue weighted by Crippen LogP contribution is -2.51. The molecule has 24 heavy (non-hydrogen) atoms. The Morgan fingerprint density at radius 3 is 2.38 bits per heavy atom. The number of hydrogen-bond acceptors (Lipinski definition) is 4. The molecular weight excluding hydrogens is 313 g/mol. The molecule has 1 aromatic carbocycles. The van der Waals surface area contributed by atoms with E-state index in [0.29, 0.717) is 52.3 Å². The van der Waals surface area contributed by atoms with Gasteiger partial charge in [0.2, 0.25) is 5.91 Å². The minimum atomic E-state index is -0.314. The van der Waals surface area contributed by atoms with Gasteiger partial charge in [-0.25, -0.2) is 9.18 Å². The molecule has 1 aliphatic rings. The number of halogens is 1. The lowest BCUT2D eigenvalue weighted by Gasteiger charge is -2.34. The minimum absolute atomic E-state index is 0.0742. The van der Waals surface area contributed by atoms with Crippen molar-refractivity contribution in [1.29, 1.82) is 0 Å². The maximum atomic E-state index is 12.8. The summed E-state index contributed by atoms with van der Waals surface area (Å²) in [6, 6.07) is 6.29. The molecule has 0 bridgehead atoms. The van der Waals surface area contributed by atoms with Crippen molar-refractivity contribution >= 4 is 12.0 Å². The molecule has 6 nitrogen and oxygen atoms in total. The highest BCUT2D eigenvalue weighted by Gasteiger charge is 2.24. The van der Waals surface area contributed by atoms with Crippen molar-refractivity contribution in [2.24, 2.45) is 0 Å². The quantitative estimate of drug-likeness (QED) is 0.801. The van der Waals surface area contributed by atoms with Crippen molar-refractivity contribution in [3.8, 4) is 0 Å². The predicted molar refractivity (Wildman–Crippen MR) is 87.9 cm³/mol. The third-order valence-electron chi connectivity index (χ3n) is 3.92.